The van der Waals surface area contributed by atoms with Crippen molar-refractivity contribution < 1.29 is 4.79 Å². The van der Waals surface area contributed by atoms with E-state index < -0.39 is 6.04 Å². The Labute approximate surface area is 81.0 Å². The third-order valence-corrected chi connectivity index (χ3v) is 1.80. The lowest BCUT2D eigenvalue weighted by Gasteiger charge is -2.09. The van der Waals surface area contributed by atoms with Gasteiger partial charge in [-0.2, -0.15) is 0 Å². The zero-order chi connectivity index (χ0) is 10.6. The van der Waals surface area contributed by atoms with Crippen molar-refractivity contribution in [2.45, 2.75) is 12.5 Å². The molecule has 7 nitrogen and oxygen atoms in total. The number of aromatic nitrogens is 3. The highest BCUT2D eigenvalue weighted by molar-refractivity contribution is 5.76. The second kappa shape index (κ2) is 4.47. The van der Waals surface area contributed by atoms with Crippen LogP contribution in [0.25, 0.3) is 0 Å². The molecule has 3 N–H and O–H groups in total. The van der Waals surface area contributed by atoms with Crippen LogP contribution >= 0.6 is 0 Å². The summed E-state index contributed by atoms with van der Waals surface area (Å²) < 4.78 is 1.68. The second-order valence-corrected chi connectivity index (χ2v) is 2.77. The first-order chi connectivity index (χ1) is 6.69. The number of hydrogen-bond acceptors (Lipinski definition) is 5. The molecular weight excluding hydrogens is 184 g/mol. The number of carbonyl (C=O) groups excluding carboxylic acids is 1. The molecule has 0 radical (unpaired) electrons. The molecule has 0 bridgehead atoms. The fourth-order valence-electron chi connectivity index (χ4n) is 1.07. The SMILES string of the molecule is C=NC(CC(=O)NN)c1nncn1C. The molecule has 1 unspecified atom stereocenters. The quantitative estimate of drug-likeness (QED) is 0.277. The van der Waals surface area contributed by atoms with Gasteiger partial charge in [-0.15, -0.1) is 10.2 Å². The van der Waals surface area contributed by atoms with E-state index in [9.17, 15) is 4.79 Å². The Kier molecular flexibility index (Phi) is 3.29. The molecule has 0 aliphatic rings. The number of carbonyl (C=O) groups is 1. The number of hydrogen-bond donors (Lipinski definition) is 2. The summed E-state index contributed by atoms with van der Waals surface area (Å²) in [6.45, 7) is 3.39. The maximum atomic E-state index is 11.0. The van der Waals surface area contributed by atoms with Crippen molar-refractivity contribution >= 4 is 12.6 Å². The molecule has 0 saturated heterocycles. The number of nitrogens with zero attached hydrogens (tertiary/aromatic N) is 4. The van der Waals surface area contributed by atoms with E-state index in [1.54, 1.807) is 11.6 Å². The van der Waals surface area contributed by atoms with Crippen LogP contribution in [0.4, 0.5) is 0 Å². The maximum absolute atomic E-state index is 11.0. The number of amides is 1. The van der Waals surface area contributed by atoms with Gasteiger partial charge in [-0.1, -0.05) is 0 Å². The largest absolute Gasteiger partial charge is 0.319 e. The minimum absolute atomic E-state index is 0.118. The van der Waals surface area contributed by atoms with Gasteiger partial charge in [0.15, 0.2) is 5.82 Å². The third-order valence-electron chi connectivity index (χ3n) is 1.80. The smallest absolute Gasteiger partial charge is 0.236 e. The summed E-state index contributed by atoms with van der Waals surface area (Å²) >= 11 is 0. The van der Waals surface area contributed by atoms with E-state index in [1.807, 2.05) is 5.43 Å². The standard InChI is InChI=1S/C7H12N6O/c1-9-5(3-6(14)11-8)7-12-10-4-13(7)2/h4-5H,1,3,8H2,2H3,(H,11,14). The van der Waals surface area contributed by atoms with Gasteiger partial charge in [-0.3, -0.25) is 15.2 Å². The van der Waals surface area contributed by atoms with Gasteiger partial charge in [0.2, 0.25) is 5.91 Å². The van der Waals surface area contributed by atoms with Crippen LogP contribution in [0.15, 0.2) is 11.3 Å². The number of nitrogens with two attached hydrogens (primary N) is 1. The molecule has 0 fully saturated rings. The highest BCUT2D eigenvalue weighted by atomic mass is 16.2. The number of nitrogens with one attached hydrogen (secondary N) is 1. The summed E-state index contributed by atoms with van der Waals surface area (Å²) in [5.41, 5.74) is 2.03. The van der Waals surface area contributed by atoms with Gasteiger partial charge in [0.25, 0.3) is 0 Å². The Morgan fingerprint density at radius 1 is 1.93 bits per heavy atom. The lowest BCUT2D eigenvalue weighted by molar-refractivity contribution is -0.121. The number of aryl methyl sites for hydroxylation is 1. The van der Waals surface area contributed by atoms with E-state index in [0.29, 0.717) is 5.82 Å². The van der Waals surface area contributed by atoms with E-state index in [4.69, 9.17) is 5.84 Å². The highest BCUT2D eigenvalue weighted by Crippen LogP contribution is 2.16. The molecular formula is C7H12N6O. The average Bonchev–Trinajstić information content (AvgIpc) is 2.60. The molecule has 0 aromatic carbocycles. The first-order valence-corrected chi connectivity index (χ1v) is 3.98. The summed E-state index contributed by atoms with van der Waals surface area (Å²) in [5.74, 6) is 5.23. The monoisotopic (exact) mass is 196 g/mol. The number of aliphatic imine (C=N–C) groups is 1. The molecule has 0 aliphatic heterocycles. The van der Waals surface area contributed by atoms with Crippen molar-refractivity contribution in [2.75, 3.05) is 0 Å². The molecule has 1 amide bonds. The Hall–Kier alpha value is -1.76. The van der Waals surface area contributed by atoms with E-state index in [1.165, 1.54) is 6.33 Å². The Morgan fingerprint density at radius 3 is 3.07 bits per heavy atom. The van der Waals surface area contributed by atoms with Crippen LogP contribution in [0.2, 0.25) is 0 Å². The van der Waals surface area contributed by atoms with E-state index in [-0.39, 0.29) is 12.3 Å². The summed E-state index contributed by atoms with van der Waals surface area (Å²) in [7, 11) is 1.77. The van der Waals surface area contributed by atoms with Crippen LogP contribution in [0.1, 0.15) is 18.3 Å². The van der Waals surface area contributed by atoms with Crippen LogP contribution < -0.4 is 11.3 Å². The molecule has 1 rings (SSSR count). The van der Waals surface area contributed by atoms with Crippen molar-refractivity contribution in [3.63, 3.8) is 0 Å². The molecule has 0 aliphatic carbocycles. The number of hydrazine groups is 1. The lowest BCUT2D eigenvalue weighted by atomic mass is 10.2. The minimum atomic E-state index is -0.411. The average molecular weight is 196 g/mol. The van der Waals surface area contributed by atoms with Crippen molar-refractivity contribution in [3.8, 4) is 0 Å². The van der Waals surface area contributed by atoms with Gasteiger partial charge in [0.05, 0.1) is 6.42 Å². The summed E-state index contributed by atoms with van der Waals surface area (Å²) in [6, 6.07) is -0.411. The molecule has 1 heterocycles. The number of rotatable bonds is 4. The molecule has 0 spiro atoms. The van der Waals surface area contributed by atoms with Crippen molar-refractivity contribution in [1.29, 1.82) is 0 Å². The third kappa shape index (κ3) is 2.13. The minimum Gasteiger partial charge on any atom is -0.319 e. The van der Waals surface area contributed by atoms with Crippen LogP contribution in [0, 0.1) is 0 Å². The Morgan fingerprint density at radius 2 is 2.64 bits per heavy atom. The van der Waals surface area contributed by atoms with Crippen molar-refractivity contribution in [3.05, 3.63) is 12.2 Å². The van der Waals surface area contributed by atoms with Crippen LogP contribution in [0.3, 0.4) is 0 Å². The van der Waals surface area contributed by atoms with Gasteiger partial charge in [-0.25, -0.2) is 5.84 Å². The first-order valence-electron chi connectivity index (χ1n) is 3.98. The van der Waals surface area contributed by atoms with E-state index >= 15 is 0 Å². The predicted molar refractivity (Wildman–Crippen MR) is 50.2 cm³/mol. The van der Waals surface area contributed by atoms with Gasteiger partial charge in [0.1, 0.15) is 12.4 Å². The molecule has 1 aromatic rings. The summed E-state index contributed by atoms with van der Waals surface area (Å²) in [4.78, 5) is 14.8. The zero-order valence-electron chi connectivity index (χ0n) is 7.84. The van der Waals surface area contributed by atoms with Gasteiger partial charge < -0.3 is 4.57 Å². The summed E-state index contributed by atoms with van der Waals surface area (Å²) in [6.07, 6.45) is 1.65. The fourth-order valence-corrected chi connectivity index (χ4v) is 1.07. The van der Waals surface area contributed by atoms with E-state index in [2.05, 4.69) is 21.9 Å². The zero-order valence-corrected chi connectivity index (χ0v) is 7.84. The molecule has 14 heavy (non-hydrogen) atoms. The van der Waals surface area contributed by atoms with Crippen LogP contribution in [0.5, 0.6) is 0 Å². The highest BCUT2D eigenvalue weighted by Gasteiger charge is 2.17. The van der Waals surface area contributed by atoms with Crippen LogP contribution in [-0.2, 0) is 11.8 Å². The van der Waals surface area contributed by atoms with Crippen molar-refractivity contribution in [1.82, 2.24) is 20.2 Å². The van der Waals surface area contributed by atoms with Crippen LogP contribution in [-0.4, -0.2) is 27.4 Å². The fraction of sp³-hybridized carbons (Fsp3) is 0.429. The maximum Gasteiger partial charge on any atom is 0.236 e. The topological polar surface area (TPSA) is 98.2 Å². The molecule has 1 atom stereocenters. The molecule has 76 valence electrons. The lowest BCUT2D eigenvalue weighted by Crippen LogP contribution is -2.31. The molecule has 0 saturated carbocycles. The van der Waals surface area contributed by atoms with Crippen molar-refractivity contribution in [2.24, 2.45) is 17.9 Å². The Bertz CT molecular complexity index is 333. The first kappa shape index (κ1) is 10.3. The summed E-state index contributed by atoms with van der Waals surface area (Å²) in [5, 5.41) is 7.52. The van der Waals surface area contributed by atoms with Gasteiger partial charge in [-0.05, 0) is 6.72 Å². The Balaban J connectivity index is 2.77. The molecule has 7 heteroatoms. The van der Waals surface area contributed by atoms with Gasteiger partial charge in [0, 0.05) is 7.05 Å². The van der Waals surface area contributed by atoms with E-state index in [0.717, 1.165) is 0 Å². The predicted octanol–water partition coefficient (Wildman–Crippen LogP) is -1.06. The normalized spacial score (nSPS) is 12.1. The second-order valence-electron chi connectivity index (χ2n) is 2.77. The van der Waals surface area contributed by atoms with Gasteiger partial charge >= 0.3 is 0 Å². The molecule has 1 aromatic heterocycles.